The topological polar surface area (TPSA) is 55.6 Å². The molecule has 1 aromatic carbocycles. The van der Waals surface area contributed by atoms with Gasteiger partial charge in [0, 0.05) is 0 Å². The number of hydrogen-bond donors (Lipinski definition) is 1. The van der Waals surface area contributed by atoms with Gasteiger partial charge in [-0.15, -0.1) is 10.2 Å². The van der Waals surface area contributed by atoms with E-state index in [0.29, 0.717) is 6.54 Å². The second kappa shape index (κ2) is 5.48. The minimum absolute atomic E-state index is 0.288. The molecule has 1 atom stereocenters. The van der Waals surface area contributed by atoms with Crippen molar-refractivity contribution in [2.24, 2.45) is 0 Å². The molecule has 0 saturated carbocycles. The first-order chi connectivity index (χ1) is 9.35. The van der Waals surface area contributed by atoms with Gasteiger partial charge in [0.25, 0.3) is 0 Å². The molecule has 0 bridgehead atoms. The standard InChI is InChI=1S/C14H19N5/c1-2-11-5-7-12(8-6-11)10-19-17-14(16-18-19)13-4-3-9-15-13/h5-8,13,15H,2-4,9-10H2,1H3. The number of aromatic nitrogens is 4. The summed E-state index contributed by atoms with van der Waals surface area (Å²) in [6.45, 7) is 3.90. The zero-order valence-electron chi connectivity index (χ0n) is 11.2. The molecule has 1 aromatic heterocycles. The van der Waals surface area contributed by atoms with Crippen LogP contribution in [0.2, 0.25) is 0 Å². The van der Waals surface area contributed by atoms with Crippen LogP contribution in [0.1, 0.15) is 42.8 Å². The highest BCUT2D eigenvalue weighted by Gasteiger charge is 2.20. The second-order valence-electron chi connectivity index (χ2n) is 5.00. The van der Waals surface area contributed by atoms with Crippen LogP contribution >= 0.6 is 0 Å². The average molecular weight is 257 g/mol. The molecule has 1 aliphatic rings. The van der Waals surface area contributed by atoms with Gasteiger partial charge in [-0.2, -0.15) is 4.80 Å². The molecule has 2 heterocycles. The molecule has 3 rings (SSSR count). The maximum atomic E-state index is 4.46. The van der Waals surface area contributed by atoms with Crippen molar-refractivity contribution in [1.29, 1.82) is 0 Å². The molecule has 1 unspecified atom stereocenters. The number of rotatable bonds is 4. The number of benzene rings is 1. The molecule has 1 aliphatic heterocycles. The summed E-state index contributed by atoms with van der Waals surface area (Å²) in [5.41, 5.74) is 2.56. The van der Waals surface area contributed by atoms with Crippen molar-refractivity contribution in [1.82, 2.24) is 25.5 Å². The predicted octanol–water partition coefficient (Wildman–Crippen LogP) is 1.71. The van der Waals surface area contributed by atoms with Crippen LogP contribution in [0.3, 0.4) is 0 Å². The molecule has 0 aliphatic carbocycles. The van der Waals surface area contributed by atoms with E-state index in [9.17, 15) is 0 Å². The van der Waals surface area contributed by atoms with Gasteiger partial charge in [0.05, 0.1) is 12.6 Å². The molecular weight excluding hydrogens is 238 g/mol. The Labute approximate surface area is 113 Å². The molecule has 5 heteroatoms. The summed E-state index contributed by atoms with van der Waals surface area (Å²) in [7, 11) is 0. The number of nitrogens with one attached hydrogen (secondary N) is 1. The van der Waals surface area contributed by atoms with Gasteiger partial charge >= 0.3 is 0 Å². The van der Waals surface area contributed by atoms with Crippen molar-refractivity contribution < 1.29 is 0 Å². The van der Waals surface area contributed by atoms with Crippen molar-refractivity contribution in [3.63, 3.8) is 0 Å². The molecule has 1 saturated heterocycles. The summed E-state index contributed by atoms with van der Waals surface area (Å²) in [5.74, 6) is 0.822. The molecule has 19 heavy (non-hydrogen) atoms. The summed E-state index contributed by atoms with van der Waals surface area (Å²) >= 11 is 0. The smallest absolute Gasteiger partial charge is 0.191 e. The first-order valence-corrected chi connectivity index (χ1v) is 6.94. The first-order valence-electron chi connectivity index (χ1n) is 6.94. The van der Waals surface area contributed by atoms with Crippen LogP contribution in [-0.2, 0) is 13.0 Å². The van der Waals surface area contributed by atoms with Crippen LogP contribution < -0.4 is 5.32 Å². The largest absolute Gasteiger partial charge is 0.307 e. The lowest BCUT2D eigenvalue weighted by molar-refractivity contribution is 0.557. The van der Waals surface area contributed by atoms with Gasteiger partial charge in [-0.25, -0.2) is 0 Å². The van der Waals surface area contributed by atoms with E-state index in [1.807, 2.05) is 0 Å². The molecule has 5 nitrogen and oxygen atoms in total. The van der Waals surface area contributed by atoms with Crippen LogP contribution in [-0.4, -0.2) is 26.8 Å². The molecule has 0 radical (unpaired) electrons. The van der Waals surface area contributed by atoms with E-state index in [4.69, 9.17) is 0 Å². The molecule has 2 aromatic rings. The van der Waals surface area contributed by atoms with Crippen LogP contribution in [0.5, 0.6) is 0 Å². The number of tetrazole rings is 1. The fourth-order valence-electron chi connectivity index (χ4n) is 2.41. The normalized spacial score (nSPS) is 18.9. The van der Waals surface area contributed by atoms with Crippen LogP contribution in [0, 0.1) is 0 Å². The van der Waals surface area contributed by atoms with Gasteiger partial charge < -0.3 is 5.32 Å². The Balaban J connectivity index is 1.68. The summed E-state index contributed by atoms with van der Waals surface area (Å²) in [6, 6.07) is 8.87. The highest BCUT2D eigenvalue weighted by Crippen LogP contribution is 2.18. The van der Waals surface area contributed by atoms with Crippen molar-refractivity contribution in [2.45, 2.75) is 38.8 Å². The van der Waals surface area contributed by atoms with Gasteiger partial charge in [0.15, 0.2) is 5.82 Å². The lowest BCUT2D eigenvalue weighted by Crippen LogP contribution is -2.14. The Morgan fingerprint density at radius 1 is 1.26 bits per heavy atom. The van der Waals surface area contributed by atoms with Crippen LogP contribution in [0.15, 0.2) is 24.3 Å². The summed E-state index contributed by atoms with van der Waals surface area (Å²) in [5, 5.41) is 16.1. The molecular formula is C14H19N5. The maximum absolute atomic E-state index is 4.46. The van der Waals surface area contributed by atoms with E-state index in [2.05, 4.69) is 51.9 Å². The predicted molar refractivity (Wildman–Crippen MR) is 72.7 cm³/mol. The molecule has 1 fully saturated rings. The van der Waals surface area contributed by atoms with Gasteiger partial charge in [-0.05, 0) is 42.1 Å². The number of nitrogens with zero attached hydrogens (tertiary/aromatic N) is 4. The summed E-state index contributed by atoms with van der Waals surface area (Å²) < 4.78 is 0. The fourth-order valence-corrected chi connectivity index (χ4v) is 2.41. The molecule has 1 N–H and O–H groups in total. The molecule has 0 spiro atoms. The Kier molecular flexibility index (Phi) is 3.55. The summed E-state index contributed by atoms with van der Waals surface area (Å²) in [6.07, 6.45) is 3.37. The zero-order chi connectivity index (χ0) is 13.1. The highest BCUT2D eigenvalue weighted by molar-refractivity contribution is 5.22. The van der Waals surface area contributed by atoms with Crippen molar-refractivity contribution in [3.8, 4) is 0 Å². The Morgan fingerprint density at radius 2 is 2.05 bits per heavy atom. The minimum Gasteiger partial charge on any atom is -0.307 e. The quantitative estimate of drug-likeness (QED) is 0.906. The van der Waals surface area contributed by atoms with Crippen LogP contribution in [0.4, 0.5) is 0 Å². The monoisotopic (exact) mass is 257 g/mol. The third-order valence-corrected chi connectivity index (χ3v) is 3.60. The van der Waals surface area contributed by atoms with Crippen molar-refractivity contribution in [3.05, 3.63) is 41.2 Å². The van der Waals surface area contributed by atoms with E-state index in [1.165, 1.54) is 17.5 Å². The SMILES string of the molecule is CCc1ccc(Cn2nnc(C3CCCN3)n2)cc1. The summed E-state index contributed by atoms with van der Waals surface area (Å²) in [4.78, 5) is 1.68. The molecule has 0 amide bonds. The highest BCUT2D eigenvalue weighted by atomic mass is 15.6. The average Bonchev–Trinajstić information content (AvgIpc) is 3.10. The van der Waals surface area contributed by atoms with Crippen LogP contribution in [0.25, 0.3) is 0 Å². The zero-order valence-corrected chi connectivity index (χ0v) is 11.2. The third-order valence-electron chi connectivity index (χ3n) is 3.60. The Morgan fingerprint density at radius 3 is 2.74 bits per heavy atom. The lowest BCUT2D eigenvalue weighted by Gasteiger charge is -2.03. The maximum Gasteiger partial charge on any atom is 0.191 e. The number of aryl methyl sites for hydroxylation is 1. The van der Waals surface area contributed by atoms with Crippen molar-refractivity contribution in [2.75, 3.05) is 6.54 Å². The van der Waals surface area contributed by atoms with E-state index in [0.717, 1.165) is 25.2 Å². The van der Waals surface area contributed by atoms with E-state index < -0.39 is 0 Å². The molecule has 100 valence electrons. The Bertz CT molecular complexity index is 525. The van der Waals surface area contributed by atoms with Crippen molar-refractivity contribution >= 4 is 0 Å². The third kappa shape index (κ3) is 2.81. The van der Waals surface area contributed by atoms with Gasteiger partial charge in [-0.3, -0.25) is 0 Å². The van der Waals surface area contributed by atoms with E-state index >= 15 is 0 Å². The first kappa shape index (κ1) is 12.3. The fraction of sp³-hybridized carbons (Fsp3) is 0.500. The van der Waals surface area contributed by atoms with Gasteiger partial charge in [0.1, 0.15) is 0 Å². The number of hydrogen-bond acceptors (Lipinski definition) is 4. The van der Waals surface area contributed by atoms with Gasteiger partial charge in [-0.1, -0.05) is 31.2 Å². The lowest BCUT2D eigenvalue weighted by atomic mass is 10.1. The van der Waals surface area contributed by atoms with E-state index in [1.54, 1.807) is 4.80 Å². The second-order valence-corrected chi connectivity index (χ2v) is 5.00. The Hall–Kier alpha value is -1.75. The van der Waals surface area contributed by atoms with E-state index in [-0.39, 0.29) is 6.04 Å². The minimum atomic E-state index is 0.288. The van der Waals surface area contributed by atoms with Gasteiger partial charge in [0.2, 0.25) is 0 Å².